The number of hydrogen-bond donors (Lipinski definition) is 1. The van der Waals surface area contributed by atoms with Gasteiger partial charge in [-0.3, -0.25) is 14.5 Å². The molecule has 0 radical (unpaired) electrons. The number of carbonyl (C=O) groups excluding carboxylic acids is 1. The summed E-state index contributed by atoms with van der Waals surface area (Å²) in [6.07, 6.45) is 4.29. The Kier molecular flexibility index (Phi) is 6.61. The molecule has 29 heavy (non-hydrogen) atoms. The number of piperidine rings is 1. The van der Waals surface area contributed by atoms with E-state index in [0.717, 1.165) is 73.1 Å². The summed E-state index contributed by atoms with van der Waals surface area (Å²) < 4.78 is 5.45. The lowest BCUT2D eigenvalue weighted by Gasteiger charge is -2.35. The number of fused-ring (bicyclic) bond motifs is 1. The lowest BCUT2D eigenvalue weighted by atomic mass is 10.0. The van der Waals surface area contributed by atoms with Gasteiger partial charge in [-0.1, -0.05) is 10.9 Å². The average molecular weight is 435 g/mol. The van der Waals surface area contributed by atoms with E-state index in [0.29, 0.717) is 23.7 Å². The molecule has 0 saturated carbocycles. The molecule has 2 aromatic heterocycles. The molecule has 1 amide bonds. The molecule has 2 aromatic rings. The van der Waals surface area contributed by atoms with Gasteiger partial charge < -0.3 is 5.32 Å². The first-order valence-electron chi connectivity index (χ1n) is 10.1. The molecule has 0 bridgehead atoms. The Labute approximate surface area is 178 Å². The van der Waals surface area contributed by atoms with Crippen molar-refractivity contribution in [3.8, 4) is 0 Å². The van der Waals surface area contributed by atoms with Crippen LogP contribution in [0.4, 0.5) is 0 Å². The van der Waals surface area contributed by atoms with Gasteiger partial charge in [-0.25, -0.2) is 4.68 Å². The molecule has 4 rings (SSSR count). The van der Waals surface area contributed by atoms with Crippen molar-refractivity contribution in [2.24, 2.45) is 0 Å². The minimum absolute atomic E-state index is 0.0127. The van der Waals surface area contributed by atoms with Crippen molar-refractivity contribution < 1.29 is 4.79 Å². The summed E-state index contributed by atoms with van der Waals surface area (Å²) in [5, 5.41) is 11.6. The fourth-order valence-corrected chi connectivity index (χ4v) is 5.48. The fourth-order valence-electron chi connectivity index (χ4n) is 3.95. The number of rotatable bonds is 6. The van der Waals surface area contributed by atoms with Crippen molar-refractivity contribution in [3.05, 3.63) is 38.2 Å². The number of amides is 1. The Hall–Kier alpha value is -1.78. The first kappa shape index (κ1) is 20.5. The van der Waals surface area contributed by atoms with E-state index in [2.05, 4.69) is 24.9 Å². The summed E-state index contributed by atoms with van der Waals surface area (Å²) in [5.74, 6) is 1.86. The molecule has 1 unspecified atom stereocenters. The summed E-state index contributed by atoms with van der Waals surface area (Å²) >= 11 is 2.99. The monoisotopic (exact) mass is 434 g/mol. The van der Waals surface area contributed by atoms with Crippen molar-refractivity contribution in [2.75, 3.05) is 25.4 Å². The van der Waals surface area contributed by atoms with Gasteiger partial charge in [0, 0.05) is 37.4 Å². The maximum Gasteiger partial charge on any atom is 0.267 e. The second-order valence-electron chi connectivity index (χ2n) is 7.56. The van der Waals surface area contributed by atoms with Gasteiger partial charge in [-0.05, 0) is 49.2 Å². The highest BCUT2D eigenvalue weighted by Gasteiger charge is 2.24. The van der Waals surface area contributed by atoms with Crippen LogP contribution in [0.25, 0.3) is 0 Å². The number of nitrogens with zero attached hydrogens (tertiary/aromatic N) is 5. The number of carbonyl (C=O) groups is 1. The number of nitrogens with one attached hydrogen (secondary N) is 1. The Morgan fingerprint density at radius 2 is 2.24 bits per heavy atom. The molecule has 4 heterocycles. The molecule has 1 saturated heterocycles. The zero-order chi connectivity index (χ0) is 20.2. The van der Waals surface area contributed by atoms with Gasteiger partial charge in [0.2, 0.25) is 0 Å². The molecule has 8 nitrogen and oxygen atoms in total. The van der Waals surface area contributed by atoms with Crippen molar-refractivity contribution >= 4 is 29.2 Å². The number of thioether (sulfide) groups is 1. The molecule has 156 valence electrons. The smallest absolute Gasteiger partial charge is 0.267 e. The van der Waals surface area contributed by atoms with E-state index in [9.17, 15) is 9.59 Å². The number of aryl methyl sites for hydroxylation is 2. The largest absolute Gasteiger partial charge is 0.350 e. The Balaban J connectivity index is 1.36. The van der Waals surface area contributed by atoms with Crippen LogP contribution in [-0.2, 0) is 18.7 Å². The molecule has 0 aromatic carbocycles. The van der Waals surface area contributed by atoms with Crippen molar-refractivity contribution in [2.45, 2.75) is 50.9 Å². The van der Waals surface area contributed by atoms with Gasteiger partial charge in [0.15, 0.2) is 0 Å². The highest BCUT2D eigenvalue weighted by atomic mass is 32.2. The summed E-state index contributed by atoms with van der Waals surface area (Å²) in [4.78, 5) is 27.8. The molecule has 2 aliphatic heterocycles. The topological polar surface area (TPSA) is 93.0 Å². The zero-order valence-corrected chi connectivity index (χ0v) is 18.2. The predicted octanol–water partition coefficient (Wildman–Crippen LogP) is 1.48. The van der Waals surface area contributed by atoms with Crippen LogP contribution >= 0.6 is 23.3 Å². The normalized spacial score (nSPS) is 19.7. The van der Waals surface area contributed by atoms with E-state index >= 15 is 0 Å². The predicted molar refractivity (Wildman–Crippen MR) is 115 cm³/mol. The summed E-state index contributed by atoms with van der Waals surface area (Å²) in [5.41, 5.74) is 2.82. The van der Waals surface area contributed by atoms with Gasteiger partial charge in [0.05, 0.1) is 17.9 Å². The maximum atomic E-state index is 12.4. The molecule has 0 spiro atoms. The first-order chi connectivity index (χ1) is 14.1. The molecule has 2 aliphatic rings. The fraction of sp³-hybridized carbons (Fsp3) is 0.632. The van der Waals surface area contributed by atoms with E-state index in [-0.39, 0.29) is 17.5 Å². The van der Waals surface area contributed by atoms with Crippen molar-refractivity contribution in [1.82, 2.24) is 29.6 Å². The summed E-state index contributed by atoms with van der Waals surface area (Å²) in [7, 11) is 0. The summed E-state index contributed by atoms with van der Waals surface area (Å²) in [6.45, 7) is 4.73. The standard InChI is InChI=1S/C19H26N6O2S2/c1-13-18(29-23-21-13)19(27)20-11-15-4-2-3-6-24(15)7-8-25-17(26)10-14-12-28-9-5-16(14)22-25/h10,15H,2-9,11-12H2,1H3,(H,20,27). The van der Waals surface area contributed by atoms with Gasteiger partial charge in [0.25, 0.3) is 11.5 Å². The quantitative estimate of drug-likeness (QED) is 0.736. The number of likely N-dealkylation sites (tertiary alicyclic amines) is 1. The van der Waals surface area contributed by atoms with E-state index in [4.69, 9.17) is 0 Å². The minimum Gasteiger partial charge on any atom is -0.350 e. The van der Waals surface area contributed by atoms with Crippen molar-refractivity contribution in [3.63, 3.8) is 0 Å². The third kappa shape index (κ3) is 4.87. The van der Waals surface area contributed by atoms with Crippen molar-refractivity contribution in [1.29, 1.82) is 0 Å². The second kappa shape index (κ2) is 9.36. The third-order valence-corrected chi connectivity index (χ3v) is 7.44. The highest BCUT2D eigenvalue weighted by Crippen LogP contribution is 2.21. The van der Waals surface area contributed by atoms with Crippen LogP contribution in [0.3, 0.4) is 0 Å². The molecule has 1 atom stereocenters. The van der Waals surface area contributed by atoms with Gasteiger partial charge in [-0.15, -0.1) is 5.10 Å². The minimum atomic E-state index is -0.103. The molecule has 10 heteroatoms. The van der Waals surface area contributed by atoms with E-state index in [1.165, 1.54) is 0 Å². The van der Waals surface area contributed by atoms with Crippen LogP contribution in [0.15, 0.2) is 10.9 Å². The van der Waals surface area contributed by atoms with Crippen LogP contribution in [0.1, 0.15) is 45.9 Å². The van der Waals surface area contributed by atoms with Gasteiger partial charge >= 0.3 is 0 Å². The maximum absolute atomic E-state index is 12.4. The molecule has 1 N–H and O–H groups in total. The lowest BCUT2D eigenvalue weighted by Crippen LogP contribution is -2.48. The second-order valence-corrected chi connectivity index (χ2v) is 9.42. The SMILES string of the molecule is Cc1nnsc1C(=O)NCC1CCCCN1CCn1nc2c(cc1=O)CSCC2. The first-order valence-corrected chi connectivity index (χ1v) is 12.0. The van der Waals surface area contributed by atoms with Gasteiger partial charge in [0.1, 0.15) is 4.88 Å². The number of hydrogen-bond acceptors (Lipinski definition) is 8. The van der Waals surface area contributed by atoms with Crippen LogP contribution in [0, 0.1) is 6.92 Å². The third-order valence-electron chi connectivity index (χ3n) is 5.61. The molecular weight excluding hydrogens is 408 g/mol. The zero-order valence-electron chi connectivity index (χ0n) is 16.6. The van der Waals surface area contributed by atoms with Crippen LogP contribution in [0.2, 0.25) is 0 Å². The Morgan fingerprint density at radius 3 is 3.07 bits per heavy atom. The van der Waals surface area contributed by atoms with E-state index < -0.39 is 0 Å². The lowest BCUT2D eigenvalue weighted by molar-refractivity contribution is 0.0912. The van der Waals surface area contributed by atoms with Crippen LogP contribution < -0.4 is 10.9 Å². The van der Waals surface area contributed by atoms with E-state index in [1.807, 2.05) is 11.8 Å². The highest BCUT2D eigenvalue weighted by molar-refractivity contribution is 7.98. The molecule has 0 aliphatic carbocycles. The molecule has 1 fully saturated rings. The Morgan fingerprint density at radius 1 is 1.34 bits per heavy atom. The van der Waals surface area contributed by atoms with Crippen LogP contribution in [-0.4, -0.2) is 61.6 Å². The number of aromatic nitrogens is 4. The van der Waals surface area contributed by atoms with E-state index in [1.54, 1.807) is 17.7 Å². The summed E-state index contributed by atoms with van der Waals surface area (Å²) in [6, 6.07) is 2.03. The van der Waals surface area contributed by atoms with Gasteiger partial charge in [-0.2, -0.15) is 16.9 Å². The Bertz CT molecular complexity index is 928. The van der Waals surface area contributed by atoms with Crippen LogP contribution in [0.5, 0.6) is 0 Å². The molecular formula is C19H26N6O2S2. The average Bonchev–Trinajstić information content (AvgIpc) is 3.17.